The summed E-state index contributed by atoms with van der Waals surface area (Å²) in [5.41, 5.74) is 1.79. The lowest BCUT2D eigenvalue weighted by Gasteiger charge is -1.95. The highest BCUT2D eigenvalue weighted by atomic mass is 16.5. The highest BCUT2D eigenvalue weighted by Gasteiger charge is 2.11. The Morgan fingerprint density at radius 3 is 2.42 bits per heavy atom. The SMILES string of the molecule is Cc1[nH]c(C=O)c(C)c1OC=O. The highest BCUT2D eigenvalue weighted by molar-refractivity contribution is 5.77. The van der Waals surface area contributed by atoms with Crippen LogP contribution in [-0.4, -0.2) is 17.7 Å². The van der Waals surface area contributed by atoms with Gasteiger partial charge in [-0.3, -0.25) is 9.59 Å². The molecule has 0 saturated heterocycles. The molecule has 0 amide bonds. The molecular weight excluding hydrogens is 158 g/mol. The summed E-state index contributed by atoms with van der Waals surface area (Å²) in [6, 6.07) is 0. The number of hydrogen-bond acceptors (Lipinski definition) is 3. The summed E-state index contributed by atoms with van der Waals surface area (Å²) in [4.78, 5) is 23.3. The number of aldehydes is 1. The Hall–Kier alpha value is -1.58. The molecule has 64 valence electrons. The molecule has 0 unspecified atom stereocenters. The first-order valence-corrected chi connectivity index (χ1v) is 3.45. The first kappa shape index (κ1) is 8.52. The third-order valence-corrected chi connectivity index (χ3v) is 1.69. The molecule has 0 aliphatic heterocycles. The summed E-state index contributed by atoms with van der Waals surface area (Å²) in [5.74, 6) is 0.437. The topological polar surface area (TPSA) is 59.2 Å². The van der Waals surface area contributed by atoms with Crippen LogP contribution in [0.3, 0.4) is 0 Å². The fourth-order valence-electron chi connectivity index (χ4n) is 1.10. The molecule has 0 aliphatic carbocycles. The van der Waals surface area contributed by atoms with E-state index in [0.29, 0.717) is 35.5 Å². The van der Waals surface area contributed by atoms with Crippen LogP contribution < -0.4 is 4.74 Å². The zero-order valence-electron chi connectivity index (χ0n) is 6.88. The molecule has 0 aliphatic rings. The fraction of sp³-hybridized carbons (Fsp3) is 0.250. The van der Waals surface area contributed by atoms with E-state index >= 15 is 0 Å². The number of carbonyl (C=O) groups is 2. The maximum Gasteiger partial charge on any atom is 0.298 e. The largest absolute Gasteiger partial charge is 0.427 e. The van der Waals surface area contributed by atoms with Gasteiger partial charge in [0.2, 0.25) is 0 Å². The number of H-pyrrole nitrogens is 1. The Balaban J connectivity index is 3.17. The van der Waals surface area contributed by atoms with E-state index in [4.69, 9.17) is 0 Å². The highest BCUT2D eigenvalue weighted by Crippen LogP contribution is 2.24. The predicted octanol–water partition coefficient (Wildman–Crippen LogP) is 0.979. The summed E-state index contributed by atoms with van der Waals surface area (Å²) < 4.78 is 4.68. The van der Waals surface area contributed by atoms with Crippen LogP contribution in [0.15, 0.2) is 0 Å². The van der Waals surface area contributed by atoms with E-state index in [1.165, 1.54) is 0 Å². The van der Waals surface area contributed by atoms with Gasteiger partial charge >= 0.3 is 0 Å². The van der Waals surface area contributed by atoms with Crippen molar-refractivity contribution in [1.82, 2.24) is 4.98 Å². The van der Waals surface area contributed by atoms with Crippen molar-refractivity contribution in [2.75, 3.05) is 0 Å². The lowest BCUT2D eigenvalue weighted by molar-refractivity contribution is -0.120. The number of ether oxygens (including phenoxy) is 1. The van der Waals surface area contributed by atoms with Crippen LogP contribution in [0, 0.1) is 13.8 Å². The smallest absolute Gasteiger partial charge is 0.298 e. The molecular formula is C8H9NO3. The maximum atomic E-state index is 10.4. The molecule has 0 saturated carbocycles. The number of aryl methyl sites for hydroxylation is 1. The van der Waals surface area contributed by atoms with E-state index in [1.807, 2.05) is 0 Å². The minimum absolute atomic E-state index is 0.345. The third kappa shape index (κ3) is 1.23. The molecule has 4 heteroatoms. The van der Waals surface area contributed by atoms with Gasteiger partial charge in [0, 0.05) is 5.56 Å². The zero-order chi connectivity index (χ0) is 9.14. The predicted molar refractivity (Wildman–Crippen MR) is 42.3 cm³/mol. The van der Waals surface area contributed by atoms with Crippen molar-refractivity contribution >= 4 is 12.8 Å². The van der Waals surface area contributed by atoms with Crippen LogP contribution in [-0.2, 0) is 4.79 Å². The van der Waals surface area contributed by atoms with Crippen LogP contribution in [0.4, 0.5) is 0 Å². The molecule has 0 aromatic carbocycles. The Morgan fingerprint density at radius 1 is 1.33 bits per heavy atom. The lowest BCUT2D eigenvalue weighted by Crippen LogP contribution is -1.90. The van der Waals surface area contributed by atoms with Gasteiger partial charge in [0.05, 0.1) is 11.4 Å². The number of rotatable bonds is 3. The average Bonchev–Trinajstić information content (AvgIpc) is 2.32. The van der Waals surface area contributed by atoms with Gasteiger partial charge in [-0.1, -0.05) is 0 Å². The van der Waals surface area contributed by atoms with Gasteiger partial charge in [-0.25, -0.2) is 0 Å². The zero-order valence-corrected chi connectivity index (χ0v) is 6.88. The molecule has 4 nitrogen and oxygen atoms in total. The summed E-state index contributed by atoms with van der Waals surface area (Å²) in [6.07, 6.45) is 0.694. The molecule has 1 aromatic rings. The van der Waals surface area contributed by atoms with Gasteiger partial charge in [-0.2, -0.15) is 0 Å². The second kappa shape index (κ2) is 3.21. The van der Waals surface area contributed by atoms with E-state index in [-0.39, 0.29) is 0 Å². The van der Waals surface area contributed by atoms with Crippen molar-refractivity contribution in [3.8, 4) is 5.75 Å². The van der Waals surface area contributed by atoms with Crippen LogP contribution in [0.5, 0.6) is 5.75 Å². The summed E-state index contributed by atoms with van der Waals surface area (Å²) in [5, 5.41) is 0. The first-order chi connectivity index (χ1) is 5.70. The number of nitrogens with one attached hydrogen (secondary N) is 1. The molecule has 0 spiro atoms. The minimum atomic E-state index is 0.345. The summed E-state index contributed by atoms with van der Waals surface area (Å²) in [6.45, 7) is 3.79. The lowest BCUT2D eigenvalue weighted by atomic mass is 10.2. The van der Waals surface area contributed by atoms with E-state index in [2.05, 4.69) is 9.72 Å². The third-order valence-electron chi connectivity index (χ3n) is 1.69. The standard InChI is InChI=1S/C8H9NO3/c1-5-7(3-10)9-6(2)8(5)12-4-11/h3-4,9H,1-2H3. The van der Waals surface area contributed by atoms with Gasteiger partial charge in [-0.05, 0) is 13.8 Å². The molecule has 0 atom stereocenters. The Labute approximate surface area is 69.5 Å². The summed E-state index contributed by atoms with van der Waals surface area (Å²) >= 11 is 0. The molecule has 12 heavy (non-hydrogen) atoms. The van der Waals surface area contributed by atoms with Crippen LogP contribution in [0.2, 0.25) is 0 Å². The monoisotopic (exact) mass is 167 g/mol. The molecule has 0 radical (unpaired) electrons. The molecule has 1 rings (SSSR count). The van der Waals surface area contributed by atoms with Gasteiger partial charge in [-0.15, -0.1) is 0 Å². The van der Waals surface area contributed by atoms with Crippen molar-refractivity contribution in [3.63, 3.8) is 0 Å². The van der Waals surface area contributed by atoms with E-state index in [1.54, 1.807) is 13.8 Å². The number of carbonyl (C=O) groups excluding carboxylic acids is 2. The Morgan fingerprint density at radius 2 is 2.00 bits per heavy atom. The molecule has 0 bridgehead atoms. The molecule has 1 N–H and O–H groups in total. The van der Waals surface area contributed by atoms with Crippen molar-refractivity contribution in [2.45, 2.75) is 13.8 Å². The first-order valence-electron chi connectivity index (χ1n) is 3.45. The fourth-order valence-corrected chi connectivity index (χ4v) is 1.10. The second-order valence-electron chi connectivity index (χ2n) is 2.45. The van der Waals surface area contributed by atoms with E-state index in [9.17, 15) is 9.59 Å². The normalized spacial score (nSPS) is 9.50. The number of hydrogen-bond donors (Lipinski definition) is 1. The van der Waals surface area contributed by atoms with Crippen molar-refractivity contribution in [3.05, 3.63) is 17.0 Å². The van der Waals surface area contributed by atoms with Crippen molar-refractivity contribution in [1.29, 1.82) is 0 Å². The van der Waals surface area contributed by atoms with Crippen molar-refractivity contribution in [2.24, 2.45) is 0 Å². The molecule has 1 heterocycles. The second-order valence-corrected chi connectivity index (χ2v) is 2.45. The summed E-state index contributed by atoms with van der Waals surface area (Å²) in [7, 11) is 0. The van der Waals surface area contributed by atoms with Gasteiger partial charge in [0.15, 0.2) is 12.0 Å². The minimum Gasteiger partial charge on any atom is -0.427 e. The molecule has 1 aromatic heterocycles. The van der Waals surface area contributed by atoms with Gasteiger partial charge < -0.3 is 9.72 Å². The molecule has 0 fully saturated rings. The van der Waals surface area contributed by atoms with Crippen molar-refractivity contribution < 1.29 is 14.3 Å². The Kier molecular flexibility index (Phi) is 2.28. The number of aromatic nitrogens is 1. The van der Waals surface area contributed by atoms with Gasteiger partial charge in [0.25, 0.3) is 6.47 Å². The Bertz CT molecular complexity index is 314. The van der Waals surface area contributed by atoms with Crippen LogP contribution in [0.25, 0.3) is 0 Å². The van der Waals surface area contributed by atoms with E-state index < -0.39 is 0 Å². The van der Waals surface area contributed by atoms with Crippen LogP contribution >= 0.6 is 0 Å². The average molecular weight is 167 g/mol. The van der Waals surface area contributed by atoms with Crippen LogP contribution in [0.1, 0.15) is 21.7 Å². The maximum absolute atomic E-state index is 10.4. The quantitative estimate of drug-likeness (QED) is 0.682. The number of aromatic amines is 1. The van der Waals surface area contributed by atoms with E-state index in [0.717, 1.165) is 0 Å². The van der Waals surface area contributed by atoms with Gasteiger partial charge in [0.1, 0.15) is 0 Å².